The fraction of sp³-hybridized carbons (Fsp3) is 0.125. The molecule has 0 radical (unpaired) electrons. The van der Waals surface area contributed by atoms with Crippen molar-refractivity contribution in [1.82, 2.24) is 0 Å². The van der Waals surface area contributed by atoms with E-state index in [9.17, 15) is 9.90 Å². The number of carbonyl (C=O) groups is 1. The molecule has 1 unspecified atom stereocenters. The molecule has 0 saturated carbocycles. The molecule has 0 saturated heterocycles. The minimum Gasteiger partial charge on any atom is -0.872 e. The third kappa shape index (κ3) is 3.15. The summed E-state index contributed by atoms with van der Waals surface area (Å²) < 4.78 is 0. The average Bonchev–Trinajstić information content (AvgIpc) is 2.08. The van der Waals surface area contributed by atoms with Gasteiger partial charge in [-0.3, -0.25) is 4.79 Å². The van der Waals surface area contributed by atoms with E-state index in [2.05, 4.69) is 0 Å². The first-order chi connectivity index (χ1) is 6.02. The fourth-order valence-corrected chi connectivity index (χ4v) is 1.13. The van der Waals surface area contributed by atoms with E-state index in [0.29, 0.717) is 0 Å². The third-order valence-corrected chi connectivity index (χ3v) is 1.91. The maximum absolute atomic E-state index is 10.9. The van der Waals surface area contributed by atoms with E-state index < -0.39 is 12.0 Å². The summed E-state index contributed by atoms with van der Waals surface area (Å²) in [5.41, 5.74) is 5.43. The van der Waals surface area contributed by atoms with Crippen LogP contribution in [0.2, 0.25) is 5.02 Å². The maximum atomic E-state index is 10.9. The van der Waals surface area contributed by atoms with Gasteiger partial charge in [-0.15, -0.1) is 5.75 Å². The van der Waals surface area contributed by atoms with Crippen molar-refractivity contribution in [1.29, 1.82) is 0 Å². The molecule has 1 rings (SSSR count). The van der Waals surface area contributed by atoms with Gasteiger partial charge in [-0.05, 0) is 11.6 Å². The Hall–Kier alpha value is -0.260. The van der Waals surface area contributed by atoms with Crippen LogP contribution >= 0.6 is 11.6 Å². The van der Waals surface area contributed by atoms with E-state index in [0.717, 1.165) is 6.07 Å². The molecule has 4 nitrogen and oxygen atoms in total. The van der Waals surface area contributed by atoms with E-state index in [-0.39, 0.29) is 45.9 Å². The van der Waals surface area contributed by atoms with Crippen molar-refractivity contribution in [3.63, 3.8) is 0 Å². The van der Waals surface area contributed by atoms with Crippen LogP contribution < -0.4 is 40.4 Å². The zero-order chi connectivity index (χ0) is 10.0. The summed E-state index contributed by atoms with van der Waals surface area (Å²) in [5.74, 6) is -1.52. The Morgan fingerprint density at radius 1 is 1.57 bits per heavy atom. The van der Waals surface area contributed by atoms with Crippen molar-refractivity contribution in [2.45, 2.75) is 6.04 Å². The number of benzene rings is 1. The second-order valence-electron chi connectivity index (χ2n) is 2.50. The van der Waals surface area contributed by atoms with Gasteiger partial charge in [0, 0.05) is 5.02 Å². The Morgan fingerprint density at radius 3 is 2.64 bits per heavy atom. The minimum atomic E-state index is -1.25. The topological polar surface area (TPSA) is 86.4 Å². The van der Waals surface area contributed by atoms with Crippen LogP contribution in [0.15, 0.2) is 18.2 Å². The number of hydrogen-bond acceptors (Lipinski definition) is 3. The predicted molar refractivity (Wildman–Crippen MR) is 45.5 cm³/mol. The van der Waals surface area contributed by atoms with Crippen molar-refractivity contribution >= 4 is 17.6 Å². The molecule has 3 N–H and O–H groups in total. The van der Waals surface area contributed by atoms with Gasteiger partial charge >= 0.3 is 35.5 Å². The number of hydrogen-bond donors (Lipinski definition) is 2. The van der Waals surface area contributed by atoms with Crippen molar-refractivity contribution in [2.24, 2.45) is 5.73 Å². The van der Waals surface area contributed by atoms with Gasteiger partial charge in [0.15, 0.2) is 0 Å². The molecule has 0 heterocycles. The van der Waals surface area contributed by atoms with Crippen LogP contribution in [-0.2, 0) is 4.79 Å². The number of rotatable bonds is 2. The fourth-order valence-electron chi connectivity index (χ4n) is 0.893. The summed E-state index contributed by atoms with van der Waals surface area (Å²) >= 11 is 5.65. The van der Waals surface area contributed by atoms with Crippen LogP contribution in [0.1, 0.15) is 11.6 Å². The molecule has 14 heavy (non-hydrogen) atoms. The Labute approximate surface area is 108 Å². The van der Waals surface area contributed by atoms with Crippen molar-refractivity contribution in [3.8, 4) is 5.75 Å². The Morgan fingerprint density at radius 2 is 2.14 bits per heavy atom. The Balaban J connectivity index is 0.00000169. The van der Waals surface area contributed by atoms with Gasteiger partial charge < -0.3 is 15.9 Å². The molecule has 6 heteroatoms. The van der Waals surface area contributed by atoms with Crippen molar-refractivity contribution in [2.75, 3.05) is 0 Å². The molecule has 0 spiro atoms. The second-order valence-corrected chi connectivity index (χ2v) is 2.91. The van der Waals surface area contributed by atoms with Gasteiger partial charge in [0.25, 0.3) is 0 Å². The van der Waals surface area contributed by atoms with Gasteiger partial charge in [-0.1, -0.05) is 23.7 Å². The summed E-state index contributed by atoms with van der Waals surface area (Å²) in [6.07, 6.45) is 0. The summed E-state index contributed by atoms with van der Waals surface area (Å²) in [6.45, 7) is 0. The molecule has 0 aliphatic heterocycles. The van der Waals surface area contributed by atoms with Gasteiger partial charge in [0.2, 0.25) is 0 Å². The predicted octanol–water partition coefficient (Wildman–Crippen LogP) is -2.50. The molecular weight excluding hydrogens is 217 g/mol. The van der Waals surface area contributed by atoms with E-state index in [1.54, 1.807) is 0 Å². The van der Waals surface area contributed by atoms with E-state index in [1.807, 2.05) is 0 Å². The normalized spacial score (nSPS) is 11.6. The van der Waals surface area contributed by atoms with Gasteiger partial charge in [-0.25, -0.2) is 0 Å². The molecule has 1 aromatic carbocycles. The standard InChI is InChI=1S/C8H8ClNO3.Na/c9-6-2-1-4(11)3-5(6)7(10)8(12)13;/h1-3,7,11H,10H2,(H,12,13);/q;+1/p-1. The zero-order valence-electron chi connectivity index (χ0n) is 7.53. The molecule has 1 aromatic rings. The first kappa shape index (κ1) is 13.7. The molecule has 0 bridgehead atoms. The first-order valence-electron chi connectivity index (χ1n) is 3.47. The number of carboxylic acid groups (broad SMARTS) is 1. The molecule has 0 aliphatic carbocycles. The van der Waals surface area contributed by atoms with E-state index in [1.165, 1.54) is 12.1 Å². The van der Waals surface area contributed by atoms with Crippen LogP contribution in [0.5, 0.6) is 5.75 Å². The number of halogens is 1. The summed E-state index contributed by atoms with van der Waals surface area (Å²) in [4.78, 5) is 10.5. The van der Waals surface area contributed by atoms with Crippen LogP contribution in [0.3, 0.4) is 0 Å². The van der Waals surface area contributed by atoms with Crippen LogP contribution in [0.25, 0.3) is 0 Å². The number of nitrogens with two attached hydrogens (primary N) is 1. The maximum Gasteiger partial charge on any atom is 1.00 e. The van der Waals surface area contributed by atoms with Gasteiger partial charge in [0.1, 0.15) is 6.04 Å². The van der Waals surface area contributed by atoms with Gasteiger partial charge in [-0.2, -0.15) is 0 Å². The molecular formula is C8H7ClNNaO3. The Kier molecular flexibility index (Phi) is 5.48. The second kappa shape index (κ2) is 5.58. The number of aliphatic carboxylic acids is 1. The third-order valence-electron chi connectivity index (χ3n) is 1.57. The average molecular weight is 224 g/mol. The molecule has 0 aliphatic rings. The van der Waals surface area contributed by atoms with E-state index in [4.69, 9.17) is 22.4 Å². The van der Waals surface area contributed by atoms with Crippen LogP contribution in [-0.4, -0.2) is 11.1 Å². The van der Waals surface area contributed by atoms with Crippen LogP contribution in [0, 0.1) is 0 Å². The summed E-state index contributed by atoms with van der Waals surface area (Å²) in [5, 5.41) is 19.6. The SMILES string of the molecule is NC(C(=O)O)c1cc([O-])ccc1Cl.[Na+]. The smallest absolute Gasteiger partial charge is 0.872 e. The van der Waals surface area contributed by atoms with Crippen LogP contribution in [0.4, 0.5) is 0 Å². The largest absolute Gasteiger partial charge is 1.00 e. The summed E-state index contributed by atoms with van der Waals surface area (Å²) in [6, 6.07) is 2.46. The molecule has 70 valence electrons. The zero-order valence-corrected chi connectivity index (χ0v) is 10.3. The van der Waals surface area contributed by atoms with Gasteiger partial charge in [0.05, 0.1) is 0 Å². The van der Waals surface area contributed by atoms with E-state index >= 15 is 0 Å². The molecule has 0 fully saturated rings. The number of carboxylic acids is 1. The monoisotopic (exact) mass is 223 g/mol. The van der Waals surface area contributed by atoms with Crippen molar-refractivity contribution in [3.05, 3.63) is 28.8 Å². The van der Waals surface area contributed by atoms with Crippen molar-refractivity contribution < 1.29 is 44.6 Å². The first-order valence-corrected chi connectivity index (χ1v) is 3.85. The minimum absolute atomic E-state index is 0. The molecule has 0 aromatic heterocycles. The Bertz CT molecular complexity index is 345. The molecule has 0 amide bonds. The molecule has 1 atom stereocenters. The quantitative estimate of drug-likeness (QED) is 0.543. The summed E-state index contributed by atoms with van der Waals surface area (Å²) in [7, 11) is 0.